The van der Waals surface area contributed by atoms with Crippen molar-refractivity contribution in [2.45, 2.75) is 13.3 Å². The maximum absolute atomic E-state index is 5.59. The minimum absolute atomic E-state index is 0.518. The molecule has 1 rings (SSSR count). The first kappa shape index (κ1) is 11.1. The standard InChI is InChI=1S/C9H16N4S/c1-7-12-8(10)6-9(13-7)11-4-3-5-14-2/h6H,3-5H2,1-2H3,(H3,10,11,12,13). The van der Waals surface area contributed by atoms with Gasteiger partial charge in [0, 0.05) is 12.6 Å². The second kappa shape index (κ2) is 5.70. The predicted octanol–water partition coefficient (Wildman–Crippen LogP) is 1.53. The van der Waals surface area contributed by atoms with Crippen LogP contribution in [0.1, 0.15) is 12.2 Å². The van der Waals surface area contributed by atoms with Crippen LogP contribution in [0.4, 0.5) is 11.6 Å². The van der Waals surface area contributed by atoms with Gasteiger partial charge < -0.3 is 11.1 Å². The highest BCUT2D eigenvalue weighted by molar-refractivity contribution is 7.98. The minimum atomic E-state index is 0.518. The topological polar surface area (TPSA) is 63.8 Å². The van der Waals surface area contributed by atoms with Crippen molar-refractivity contribution in [3.8, 4) is 0 Å². The van der Waals surface area contributed by atoms with Gasteiger partial charge in [-0.1, -0.05) is 0 Å². The van der Waals surface area contributed by atoms with Crippen molar-refractivity contribution in [2.75, 3.05) is 29.6 Å². The number of thioether (sulfide) groups is 1. The molecule has 0 aliphatic carbocycles. The van der Waals surface area contributed by atoms with Crippen molar-refractivity contribution < 1.29 is 0 Å². The average molecular weight is 212 g/mol. The zero-order valence-electron chi connectivity index (χ0n) is 8.58. The van der Waals surface area contributed by atoms with Crippen LogP contribution >= 0.6 is 11.8 Å². The van der Waals surface area contributed by atoms with E-state index < -0.39 is 0 Å². The smallest absolute Gasteiger partial charge is 0.131 e. The number of aromatic nitrogens is 2. The molecule has 0 aliphatic heterocycles. The fourth-order valence-corrected chi connectivity index (χ4v) is 1.55. The van der Waals surface area contributed by atoms with Crippen molar-refractivity contribution in [2.24, 2.45) is 0 Å². The highest BCUT2D eigenvalue weighted by atomic mass is 32.2. The number of rotatable bonds is 5. The van der Waals surface area contributed by atoms with Crippen molar-refractivity contribution >= 4 is 23.4 Å². The van der Waals surface area contributed by atoms with E-state index in [-0.39, 0.29) is 0 Å². The molecule has 1 heterocycles. The molecule has 0 unspecified atom stereocenters. The van der Waals surface area contributed by atoms with Crippen LogP contribution in [0, 0.1) is 6.92 Å². The van der Waals surface area contributed by atoms with Gasteiger partial charge in [0.15, 0.2) is 0 Å². The molecule has 1 aromatic rings. The number of hydrogen-bond donors (Lipinski definition) is 2. The fourth-order valence-electron chi connectivity index (χ4n) is 1.11. The molecule has 0 spiro atoms. The van der Waals surface area contributed by atoms with Crippen molar-refractivity contribution in [1.29, 1.82) is 0 Å². The van der Waals surface area contributed by atoms with Crippen molar-refractivity contribution in [1.82, 2.24) is 9.97 Å². The van der Waals surface area contributed by atoms with Crippen LogP contribution in [0.15, 0.2) is 6.07 Å². The maximum Gasteiger partial charge on any atom is 0.131 e. The molecule has 1 aromatic heterocycles. The molecule has 3 N–H and O–H groups in total. The molecule has 0 amide bonds. The molecular formula is C9H16N4S. The van der Waals surface area contributed by atoms with Gasteiger partial charge in [-0.15, -0.1) is 0 Å². The number of nitrogens with one attached hydrogen (secondary N) is 1. The summed E-state index contributed by atoms with van der Waals surface area (Å²) in [7, 11) is 0. The van der Waals surface area contributed by atoms with Crippen LogP contribution in [-0.4, -0.2) is 28.5 Å². The van der Waals surface area contributed by atoms with E-state index in [9.17, 15) is 0 Å². The summed E-state index contributed by atoms with van der Waals surface area (Å²) >= 11 is 1.85. The lowest BCUT2D eigenvalue weighted by atomic mass is 10.4. The van der Waals surface area contributed by atoms with E-state index >= 15 is 0 Å². The van der Waals surface area contributed by atoms with Crippen molar-refractivity contribution in [3.63, 3.8) is 0 Å². The monoisotopic (exact) mass is 212 g/mol. The lowest BCUT2D eigenvalue weighted by Crippen LogP contribution is -2.06. The Morgan fingerprint density at radius 1 is 1.50 bits per heavy atom. The zero-order chi connectivity index (χ0) is 10.4. The molecule has 0 aliphatic rings. The van der Waals surface area contributed by atoms with Crippen LogP contribution < -0.4 is 11.1 Å². The Labute approximate surface area is 88.7 Å². The largest absolute Gasteiger partial charge is 0.384 e. The molecule has 0 saturated carbocycles. The average Bonchev–Trinajstić information content (AvgIpc) is 2.11. The van der Waals surface area contributed by atoms with Crippen LogP contribution in [0.3, 0.4) is 0 Å². The third-order valence-corrected chi connectivity index (χ3v) is 2.39. The third-order valence-electron chi connectivity index (χ3n) is 1.69. The minimum Gasteiger partial charge on any atom is -0.384 e. The molecule has 0 saturated heterocycles. The van der Waals surface area contributed by atoms with Gasteiger partial charge in [-0.25, -0.2) is 9.97 Å². The Bertz CT molecular complexity index is 270. The Morgan fingerprint density at radius 3 is 2.93 bits per heavy atom. The van der Waals surface area contributed by atoms with Gasteiger partial charge in [-0.3, -0.25) is 0 Å². The van der Waals surface area contributed by atoms with Gasteiger partial charge in [-0.05, 0) is 25.4 Å². The molecular weight excluding hydrogens is 196 g/mol. The number of hydrogen-bond acceptors (Lipinski definition) is 5. The Morgan fingerprint density at radius 2 is 2.29 bits per heavy atom. The van der Waals surface area contributed by atoms with Crippen LogP contribution in [0.2, 0.25) is 0 Å². The Balaban J connectivity index is 2.42. The normalized spacial score (nSPS) is 10.1. The summed E-state index contributed by atoms with van der Waals surface area (Å²) in [6.45, 7) is 2.76. The number of nitrogens with two attached hydrogens (primary N) is 1. The highest BCUT2D eigenvalue weighted by Gasteiger charge is 1.97. The van der Waals surface area contributed by atoms with Crippen LogP contribution in [0.25, 0.3) is 0 Å². The fraction of sp³-hybridized carbons (Fsp3) is 0.556. The van der Waals surface area contributed by atoms with Crippen LogP contribution in [-0.2, 0) is 0 Å². The quantitative estimate of drug-likeness (QED) is 0.725. The molecule has 0 bridgehead atoms. The first-order chi connectivity index (χ1) is 6.72. The lowest BCUT2D eigenvalue weighted by Gasteiger charge is -2.05. The van der Waals surface area contributed by atoms with Gasteiger partial charge >= 0.3 is 0 Å². The molecule has 14 heavy (non-hydrogen) atoms. The first-order valence-corrected chi connectivity index (χ1v) is 5.95. The molecule has 0 aromatic carbocycles. The maximum atomic E-state index is 5.59. The summed E-state index contributed by atoms with van der Waals surface area (Å²) in [5.41, 5.74) is 5.59. The molecule has 78 valence electrons. The van der Waals surface area contributed by atoms with E-state index in [0.717, 1.165) is 24.5 Å². The summed E-state index contributed by atoms with van der Waals surface area (Å²) in [5.74, 6) is 3.20. The zero-order valence-corrected chi connectivity index (χ0v) is 9.40. The Hall–Kier alpha value is -0.970. The molecule has 5 heteroatoms. The van der Waals surface area contributed by atoms with E-state index in [1.54, 1.807) is 6.07 Å². The number of nitrogen functional groups attached to an aromatic ring is 1. The number of aryl methyl sites for hydroxylation is 1. The number of anilines is 2. The SMILES string of the molecule is CSCCCNc1cc(N)nc(C)n1. The first-order valence-electron chi connectivity index (χ1n) is 4.56. The third kappa shape index (κ3) is 3.83. The van der Waals surface area contributed by atoms with E-state index in [1.807, 2.05) is 18.7 Å². The Kier molecular flexibility index (Phi) is 4.52. The van der Waals surface area contributed by atoms with Gasteiger partial charge in [0.2, 0.25) is 0 Å². The van der Waals surface area contributed by atoms with E-state index in [1.165, 1.54) is 0 Å². The van der Waals surface area contributed by atoms with Gasteiger partial charge in [-0.2, -0.15) is 11.8 Å². The highest BCUT2D eigenvalue weighted by Crippen LogP contribution is 2.07. The summed E-state index contributed by atoms with van der Waals surface area (Å²) in [6.07, 6.45) is 3.23. The predicted molar refractivity (Wildman–Crippen MR) is 62.7 cm³/mol. The summed E-state index contributed by atoms with van der Waals surface area (Å²) < 4.78 is 0. The molecule has 0 fully saturated rings. The van der Waals surface area contributed by atoms with Gasteiger partial charge in [0.05, 0.1) is 0 Å². The van der Waals surface area contributed by atoms with Gasteiger partial charge in [0.25, 0.3) is 0 Å². The van der Waals surface area contributed by atoms with E-state index in [4.69, 9.17) is 5.73 Å². The van der Waals surface area contributed by atoms with Crippen LogP contribution in [0.5, 0.6) is 0 Å². The molecule has 4 nitrogen and oxygen atoms in total. The van der Waals surface area contributed by atoms with Crippen molar-refractivity contribution in [3.05, 3.63) is 11.9 Å². The molecule has 0 atom stereocenters. The second-order valence-electron chi connectivity index (χ2n) is 3.00. The summed E-state index contributed by atoms with van der Waals surface area (Å²) in [5, 5.41) is 3.22. The lowest BCUT2D eigenvalue weighted by molar-refractivity contribution is 0.966. The molecule has 0 radical (unpaired) electrons. The second-order valence-corrected chi connectivity index (χ2v) is 3.98. The van der Waals surface area contributed by atoms with E-state index in [0.29, 0.717) is 11.6 Å². The number of nitrogens with zero attached hydrogens (tertiary/aromatic N) is 2. The van der Waals surface area contributed by atoms with E-state index in [2.05, 4.69) is 21.5 Å². The summed E-state index contributed by atoms with van der Waals surface area (Å²) in [4.78, 5) is 8.22. The summed E-state index contributed by atoms with van der Waals surface area (Å²) in [6, 6.07) is 1.76. The van der Waals surface area contributed by atoms with Gasteiger partial charge in [0.1, 0.15) is 17.5 Å².